The van der Waals surface area contributed by atoms with Gasteiger partial charge in [-0.25, -0.2) is 4.68 Å². The summed E-state index contributed by atoms with van der Waals surface area (Å²) in [6.07, 6.45) is 2.24. The van der Waals surface area contributed by atoms with Gasteiger partial charge in [-0.3, -0.25) is 0 Å². The highest BCUT2D eigenvalue weighted by Crippen LogP contribution is 2.27. The quantitative estimate of drug-likeness (QED) is 0.855. The van der Waals surface area contributed by atoms with Crippen molar-refractivity contribution in [1.82, 2.24) is 20.2 Å². The van der Waals surface area contributed by atoms with E-state index in [0.717, 1.165) is 44.0 Å². The molecule has 0 radical (unpaired) electrons. The number of rotatable bonds is 4. The molecular weight excluding hydrogens is 270 g/mol. The van der Waals surface area contributed by atoms with Crippen molar-refractivity contribution < 1.29 is 9.47 Å². The molecule has 1 unspecified atom stereocenters. The molecule has 112 valence electrons. The number of nitrogens with zero attached hydrogens (tertiary/aromatic N) is 4. The van der Waals surface area contributed by atoms with E-state index in [2.05, 4.69) is 15.5 Å². The number of hydrogen-bond donors (Lipinski definition) is 1. The van der Waals surface area contributed by atoms with E-state index in [9.17, 15) is 0 Å². The summed E-state index contributed by atoms with van der Waals surface area (Å²) in [7, 11) is 1.60. The minimum Gasteiger partial charge on any atom is -0.495 e. The first-order valence-corrected chi connectivity index (χ1v) is 7.05. The number of nitrogen functional groups attached to an aromatic ring is 1. The minimum absolute atomic E-state index is 0.455. The zero-order valence-electron chi connectivity index (χ0n) is 12.0. The van der Waals surface area contributed by atoms with Crippen molar-refractivity contribution in [3.8, 4) is 17.1 Å². The van der Waals surface area contributed by atoms with Gasteiger partial charge in [-0.05, 0) is 41.5 Å². The van der Waals surface area contributed by atoms with Crippen molar-refractivity contribution in [1.29, 1.82) is 0 Å². The molecule has 1 saturated heterocycles. The van der Waals surface area contributed by atoms with E-state index in [0.29, 0.717) is 17.4 Å². The Balaban J connectivity index is 1.82. The third kappa shape index (κ3) is 2.97. The maximum Gasteiger partial charge on any atom is 0.182 e. The molecular formula is C14H19N5O2. The second kappa shape index (κ2) is 6.09. The van der Waals surface area contributed by atoms with Crippen LogP contribution in [0.4, 0.5) is 5.69 Å². The normalized spacial score (nSPS) is 18.6. The molecule has 2 heterocycles. The number of anilines is 1. The molecule has 21 heavy (non-hydrogen) atoms. The molecule has 2 aromatic rings. The average molecular weight is 289 g/mol. The molecule has 1 aromatic carbocycles. The summed E-state index contributed by atoms with van der Waals surface area (Å²) in [5, 5.41) is 12.0. The second-order valence-electron chi connectivity index (χ2n) is 5.22. The molecule has 0 amide bonds. The van der Waals surface area contributed by atoms with E-state index >= 15 is 0 Å². The Hall–Kier alpha value is -2.15. The number of hydrogen-bond acceptors (Lipinski definition) is 6. The van der Waals surface area contributed by atoms with Crippen molar-refractivity contribution in [2.24, 2.45) is 5.92 Å². The Morgan fingerprint density at radius 1 is 1.48 bits per heavy atom. The molecule has 0 spiro atoms. The molecule has 0 aliphatic carbocycles. The molecule has 2 N–H and O–H groups in total. The topological polar surface area (TPSA) is 88.1 Å². The Morgan fingerprint density at radius 3 is 3.10 bits per heavy atom. The zero-order chi connectivity index (χ0) is 14.7. The summed E-state index contributed by atoms with van der Waals surface area (Å²) in [5.41, 5.74) is 7.41. The second-order valence-corrected chi connectivity index (χ2v) is 5.22. The largest absolute Gasteiger partial charge is 0.495 e. The molecule has 1 aliphatic rings. The van der Waals surface area contributed by atoms with Crippen LogP contribution in [0, 0.1) is 5.92 Å². The number of methoxy groups -OCH3 is 1. The molecule has 1 aliphatic heterocycles. The van der Waals surface area contributed by atoms with Gasteiger partial charge in [0.1, 0.15) is 5.75 Å². The lowest BCUT2D eigenvalue weighted by Gasteiger charge is -2.21. The van der Waals surface area contributed by atoms with Crippen LogP contribution in [0.5, 0.6) is 5.75 Å². The molecule has 0 saturated carbocycles. The van der Waals surface area contributed by atoms with E-state index in [1.807, 2.05) is 22.9 Å². The molecule has 0 bridgehead atoms. The van der Waals surface area contributed by atoms with Gasteiger partial charge in [-0.15, -0.1) is 5.10 Å². The Bertz CT molecular complexity index is 607. The maximum atomic E-state index is 5.95. The van der Waals surface area contributed by atoms with Crippen molar-refractivity contribution in [2.45, 2.75) is 19.4 Å². The molecule has 1 atom stereocenters. The summed E-state index contributed by atoms with van der Waals surface area (Å²) in [4.78, 5) is 0. The minimum atomic E-state index is 0.455. The van der Waals surface area contributed by atoms with Crippen LogP contribution in [0.3, 0.4) is 0 Å². The lowest BCUT2D eigenvalue weighted by Crippen LogP contribution is -2.23. The molecule has 3 rings (SSSR count). The maximum absolute atomic E-state index is 5.95. The number of benzene rings is 1. The fourth-order valence-corrected chi connectivity index (χ4v) is 2.60. The lowest BCUT2D eigenvalue weighted by molar-refractivity contribution is 0.0470. The Labute approximate surface area is 123 Å². The first kappa shape index (κ1) is 13.8. The van der Waals surface area contributed by atoms with Crippen molar-refractivity contribution >= 4 is 5.69 Å². The number of tetrazole rings is 1. The van der Waals surface area contributed by atoms with Crippen LogP contribution < -0.4 is 10.5 Å². The van der Waals surface area contributed by atoms with Crippen LogP contribution in [-0.4, -0.2) is 40.5 Å². The van der Waals surface area contributed by atoms with Crippen LogP contribution in [0.25, 0.3) is 11.4 Å². The number of nitrogens with two attached hydrogens (primary N) is 1. The predicted octanol–water partition coefficient (Wildman–Crippen LogP) is 1.36. The van der Waals surface area contributed by atoms with Crippen molar-refractivity contribution in [2.75, 3.05) is 26.1 Å². The summed E-state index contributed by atoms with van der Waals surface area (Å²) < 4.78 is 12.5. The van der Waals surface area contributed by atoms with Crippen LogP contribution in [0.2, 0.25) is 0 Å². The van der Waals surface area contributed by atoms with Crippen LogP contribution in [0.15, 0.2) is 18.2 Å². The van der Waals surface area contributed by atoms with Gasteiger partial charge >= 0.3 is 0 Å². The van der Waals surface area contributed by atoms with Crippen molar-refractivity contribution in [3.05, 3.63) is 18.2 Å². The predicted molar refractivity (Wildman–Crippen MR) is 77.8 cm³/mol. The summed E-state index contributed by atoms with van der Waals surface area (Å²) in [6, 6.07) is 5.57. The van der Waals surface area contributed by atoms with Gasteiger partial charge in [0.05, 0.1) is 25.9 Å². The van der Waals surface area contributed by atoms with Gasteiger partial charge in [0, 0.05) is 18.1 Å². The van der Waals surface area contributed by atoms with E-state index in [1.165, 1.54) is 0 Å². The highest BCUT2D eigenvalue weighted by Gasteiger charge is 2.18. The van der Waals surface area contributed by atoms with Crippen LogP contribution in [0.1, 0.15) is 12.8 Å². The highest BCUT2D eigenvalue weighted by molar-refractivity contribution is 5.66. The van der Waals surface area contributed by atoms with Crippen LogP contribution in [-0.2, 0) is 11.3 Å². The van der Waals surface area contributed by atoms with Crippen molar-refractivity contribution in [3.63, 3.8) is 0 Å². The first-order valence-electron chi connectivity index (χ1n) is 7.05. The van der Waals surface area contributed by atoms with E-state index in [4.69, 9.17) is 15.2 Å². The van der Waals surface area contributed by atoms with Gasteiger partial charge in [0.2, 0.25) is 0 Å². The number of ether oxygens (including phenoxy) is 2. The summed E-state index contributed by atoms with van der Waals surface area (Å²) >= 11 is 0. The fourth-order valence-electron chi connectivity index (χ4n) is 2.60. The molecule has 7 heteroatoms. The average Bonchev–Trinajstić information content (AvgIpc) is 2.96. The van der Waals surface area contributed by atoms with Gasteiger partial charge in [0.25, 0.3) is 0 Å². The van der Waals surface area contributed by atoms with E-state index in [-0.39, 0.29) is 0 Å². The van der Waals surface area contributed by atoms with Gasteiger partial charge < -0.3 is 15.2 Å². The molecule has 7 nitrogen and oxygen atoms in total. The third-order valence-electron chi connectivity index (χ3n) is 3.71. The summed E-state index contributed by atoms with van der Waals surface area (Å²) in [6.45, 7) is 2.38. The Kier molecular flexibility index (Phi) is 4.01. The van der Waals surface area contributed by atoms with Gasteiger partial charge in [0.15, 0.2) is 5.82 Å². The standard InChI is InChI=1S/C14H19N5O2/c1-20-13-5-4-11(7-12(13)15)14-16-17-18-19(14)8-10-3-2-6-21-9-10/h4-5,7,10H,2-3,6,8-9,15H2,1H3. The lowest BCUT2D eigenvalue weighted by atomic mass is 10.0. The smallest absolute Gasteiger partial charge is 0.182 e. The fraction of sp³-hybridized carbons (Fsp3) is 0.500. The zero-order valence-corrected chi connectivity index (χ0v) is 12.0. The van der Waals surface area contributed by atoms with Crippen LogP contribution >= 0.6 is 0 Å². The molecule has 1 aromatic heterocycles. The Morgan fingerprint density at radius 2 is 2.38 bits per heavy atom. The summed E-state index contributed by atoms with van der Waals surface area (Å²) in [5.74, 6) is 1.82. The SMILES string of the molecule is COc1ccc(-c2nnnn2CC2CCCOC2)cc1N. The first-order chi connectivity index (χ1) is 10.3. The van der Waals surface area contributed by atoms with Gasteiger partial charge in [-0.2, -0.15) is 0 Å². The monoisotopic (exact) mass is 289 g/mol. The molecule has 1 fully saturated rings. The number of aromatic nitrogens is 4. The third-order valence-corrected chi connectivity index (χ3v) is 3.71. The van der Waals surface area contributed by atoms with Gasteiger partial charge in [-0.1, -0.05) is 0 Å². The highest BCUT2D eigenvalue weighted by atomic mass is 16.5. The van der Waals surface area contributed by atoms with E-state index < -0.39 is 0 Å². The van der Waals surface area contributed by atoms with E-state index in [1.54, 1.807) is 7.11 Å².